The van der Waals surface area contributed by atoms with Crippen LogP contribution in [-0.2, 0) is 0 Å². The van der Waals surface area contributed by atoms with Gasteiger partial charge in [-0.05, 0) is 41.4 Å². The summed E-state index contributed by atoms with van der Waals surface area (Å²) in [4.78, 5) is 21.8. The number of nitrogens with one attached hydrogen (secondary N) is 2. The summed E-state index contributed by atoms with van der Waals surface area (Å²) in [5.74, 6) is 0. The summed E-state index contributed by atoms with van der Waals surface area (Å²) in [6.07, 6.45) is 0.438. The monoisotopic (exact) mass is 331 g/mol. The lowest BCUT2D eigenvalue weighted by molar-refractivity contribution is -0.385. The minimum atomic E-state index is -0.540. The Morgan fingerprint density at radius 1 is 1.58 bits per heavy atom. The fraction of sp³-hybridized carbons (Fsp3) is 0.364. The molecule has 0 aliphatic heterocycles. The van der Waals surface area contributed by atoms with Gasteiger partial charge in [0.2, 0.25) is 0 Å². The number of benzene rings is 1. The summed E-state index contributed by atoms with van der Waals surface area (Å²) in [6, 6.07) is 3.64. The molecule has 0 unspecified atom stereocenters. The highest BCUT2D eigenvalue weighted by Crippen LogP contribution is 2.27. The third kappa shape index (κ3) is 4.84. The molecule has 1 aromatic rings. The molecule has 1 aromatic carbocycles. The second-order valence-corrected chi connectivity index (χ2v) is 4.79. The number of rotatable bonds is 5. The van der Waals surface area contributed by atoms with Crippen LogP contribution in [0.4, 0.5) is 16.2 Å². The number of nitro benzene ring substituents is 1. The van der Waals surface area contributed by atoms with Crippen LogP contribution in [0.15, 0.2) is 22.7 Å². The Hall–Kier alpha value is -1.67. The molecule has 0 spiro atoms. The van der Waals surface area contributed by atoms with Gasteiger partial charge in [0, 0.05) is 24.4 Å². The molecule has 0 saturated carbocycles. The van der Waals surface area contributed by atoms with Gasteiger partial charge in [0.15, 0.2) is 0 Å². The van der Waals surface area contributed by atoms with Crippen molar-refractivity contribution in [2.24, 2.45) is 0 Å². The van der Waals surface area contributed by atoms with Crippen molar-refractivity contribution in [3.8, 4) is 0 Å². The maximum atomic E-state index is 11.6. The van der Waals surface area contributed by atoms with Crippen LogP contribution >= 0.6 is 15.9 Å². The van der Waals surface area contributed by atoms with Gasteiger partial charge in [-0.1, -0.05) is 0 Å². The lowest BCUT2D eigenvalue weighted by atomic mass is 10.2. The highest BCUT2D eigenvalue weighted by Gasteiger charge is 2.14. The molecule has 0 heterocycles. The van der Waals surface area contributed by atoms with Crippen LogP contribution in [0.2, 0.25) is 0 Å². The molecule has 0 radical (unpaired) electrons. The number of nitrogens with zero attached hydrogens (tertiary/aromatic N) is 1. The molecular formula is C11H14BrN3O4. The number of anilines is 1. The van der Waals surface area contributed by atoms with E-state index in [-0.39, 0.29) is 18.3 Å². The normalized spacial score (nSPS) is 11.7. The maximum Gasteiger partial charge on any atom is 0.319 e. The zero-order valence-corrected chi connectivity index (χ0v) is 11.8. The predicted octanol–water partition coefficient (Wildman–Crippen LogP) is 2.25. The van der Waals surface area contributed by atoms with E-state index in [0.717, 1.165) is 0 Å². The van der Waals surface area contributed by atoms with Crippen molar-refractivity contribution in [1.82, 2.24) is 5.32 Å². The van der Waals surface area contributed by atoms with E-state index in [0.29, 0.717) is 16.6 Å². The van der Waals surface area contributed by atoms with Crippen LogP contribution in [0.3, 0.4) is 0 Å². The molecule has 19 heavy (non-hydrogen) atoms. The first-order valence-corrected chi connectivity index (χ1v) is 6.35. The minimum absolute atomic E-state index is 0.0226. The van der Waals surface area contributed by atoms with Gasteiger partial charge in [0.25, 0.3) is 5.69 Å². The first kappa shape index (κ1) is 15.4. The summed E-state index contributed by atoms with van der Waals surface area (Å²) in [6.45, 7) is 1.73. The topological polar surface area (TPSA) is 104 Å². The van der Waals surface area contributed by atoms with Crippen LogP contribution in [0.5, 0.6) is 0 Å². The van der Waals surface area contributed by atoms with E-state index in [4.69, 9.17) is 5.11 Å². The molecule has 1 rings (SSSR count). The van der Waals surface area contributed by atoms with Crippen LogP contribution in [0.1, 0.15) is 13.3 Å². The first-order valence-electron chi connectivity index (χ1n) is 5.56. The second-order valence-electron chi connectivity index (χ2n) is 3.94. The number of amides is 2. The SMILES string of the molecule is C[C@H](CCO)NC(=O)Nc1ccc(Br)c([N+](=O)[O-])c1. The Kier molecular flexibility index (Phi) is 5.71. The van der Waals surface area contributed by atoms with Crippen molar-refractivity contribution in [3.63, 3.8) is 0 Å². The molecular weight excluding hydrogens is 318 g/mol. The molecule has 0 bridgehead atoms. The van der Waals surface area contributed by atoms with E-state index < -0.39 is 11.0 Å². The van der Waals surface area contributed by atoms with Gasteiger partial charge >= 0.3 is 6.03 Å². The Bertz CT molecular complexity index is 481. The zero-order chi connectivity index (χ0) is 14.4. The largest absolute Gasteiger partial charge is 0.396 e. The van der Waals surface area contributed by atoms with Gasteiger partial charge in [-0.15, -0.1) is 0 Å². The fourth-order valence-corrected chi connectivity index (χ4v) is 1.78. The van der Waals surface area contributed by atoms with Gasteiger partial charge < -0.3 is 15.7 Å². The highest BCUT2D eigenvalue weighted by atomic mass is 79.9. The average molecular weight is 332 g/mol. The molecule has 2 amide bonds. The second kappa shape index (κ2) is 7.05. The quantitative estimate of drug-likeness (QED) is 0.568. The van der Waals surface area contributed by atoms with Gasteiger partial charge in [0.1, 0.15) is 0 Å². The number of aliphatic hydroxyl groups excluding tert-OH is 1. The van der Waals surface area contributed by atoms with Crippen molar-refractivity contribution in [2.75, 3.05) is 11.9 Å². The molecule has 1 atom stereocenters. The molecule has 8 heteroatoms. The number of carbonyl (C=O) groups is 1. The van der Waals surface area contributed by atoms with Crippen molar-refractivity contribution >= 4 is 33.3 Å². The van der Waals surface area contributed by atoms with Gasteiger partial charge in [-0.2, -0.15) is 0 Å². The van der Waals surface area contributed by atoms with Crippen molar-refractivity contribution < 1.29 is 14.8 Å². The lowest BCUT2D eigenvalue weighted by Crippen LogP contribution is -2.36. The van der Waals surface area contributed by atoms with Gasteiger partial charge in [-0.3, -0.25) is 10.1 Å². The average Bonchev–Trinajstić information content (AvgIpc) is 2.31. The summed E-state index contributed by atoms with van der Waals surface area (Å²) in [7, 11) is 0. The number of halogens is 1. The summed E-state index contributed by atoms with van der Waals surface area (Å²) >= 11 is 3.06. The fourth-order valence-electron chi connectivity index (χ4n) is 1.39. The van der Waals surface area contributed by atoms with E-state index in [1.807, 2.05) is 0 Å². The summed E-state index contributed by atoms with van der Waals surface area (Å²) in [5.41, 5.74) is 0.199. The molecule has 7 nitrogen and oxygen atoms in total. The molecule has 0 aliphatic rings. The Balaban J connectivity index is 2.69. The number of carbonyl (C=O) groups excluding carboxylic acids is 1. The number of hydrogen-bond acceptors (Lipinski definition) is 4. The maximum absolute atomic E-state index is 11.6. The molecule has 3 N–H and O–H groups in total. The van der Waals surface area contributed by atoms with E-state index in [2.05, 4.69) is 26.6 Å². The lowest BCUT2D eigenvalue weighted by Gasteiger charge is -2.13. The third-order valence-corrected chi connectivity index (χ3v) is 3.01. The van der Waals surface area contributed by atoms with Crippen molar-refractivity contribution in [1.29, 1.82) is 0 Å². The summed E-state index contributed by atoms with van der Waals surface area (Å²) in [5, 5.41) is 24.6. The number of nitro groups is 1. The Morgan fingerprint density at radius 2 is 2.26 bits per heavy atom. The minimum Gasteiger partial charge on any atom is -0.396 e. The molecule has 0 aromatic heterocycles. The van der Waals surface area contributed by atoms with E-state index in [1.54, 1.807) is 13.0 Å². The Morgan fingerprint density at radius 3 is 2.84 bits per heavy atom. The first-order chi connectivity index (χ1) is 8.93. The molecule has 0 aliphatic carbocycles. The predicted molar refractivity (Wildman–Crippen MR) is 74.1 cm³/mol. The smallest absolute Gasteiger partial charge is 0.319 e. The van der Waals surface area contributed by atoms with Crippen LogP contribution in [0.25, 0.3) is 0 Å². The summed E-state index contributed by atoms with van der Waals surface area (Å²) < 4.78 is 0.345. The van der Waals surface area contributed by atoms with Crippen molar-refractivity contribution in [3.05, 3.63) is 32.8 Å². The number of aliphatic hydroxyl groups is 1. The Labute approximate surface area is 118 Å². The molecule has 0 fully saturated rings. The van der Waals surface area contributed by atoms with Gasteiger partial charge in [0.05, 0.1) is 9.40 Å². The van der Waals surface area contributed by atoms with E-state index in [9.17, 15) is 14.9 Å². The van der Waals surface area contributed by atoms with E-state index in [1.165, 1.54) is 12.1 Å². The standard InChI is InChI=1S/C11H14BrN3O4/c1-7(4-5-16)13-11(17)14-8-2-3-9(12)10(6-8)15(18)19/h2-3,6-7,16H,4-5H2,1H3,(H2,13,14,17)/t7-/m1/s1. The zero-order valence-electron chi connectivity index (χ0n) is 10.2. The highest BCUT2D eigenvalue weighted by molar-refractivity contribution is 9.10. The number of urea groups is 1. The van der Waals surface area contributed by atoms with Crippen LogP contribution in [-0.4, -0.2) is 28.7 Å². The van der Waals surface area contributed by atoms with Crippen LogP contribution in [0, 0.1) is 10.1 Å². The van der Waals surface area contributed by atoms with Crippen molar-refractivity contribution in [2.45, 2.75) is 19.4 Å². The number of hydrogen-bond donors (Lipinski definition) is 3. The molecule has 0 saturated heterocycles. The van der Waals surface area contributed by atoms with Gasteiger partial charge in [-0.25, -0.2) is 4.79 Å². The third-order valence-electron chi connectivity index (χ3n) is 2.34. The van der Waals surface area contributed by atoms with E-state index >= 15 is 0 Å². The molecule has 104 valence electrons. The van der Waals surface area contributed by atoms with Crippen LogP contribution < -0.4 is 10.6 Å².